The number of hydrogen-bond acceptors (Lipinski definition) is 4. The van der Waals surface area contributed by atoms with Crippen molar-refractivity contribution in [1.82, 2.24) is 9.66 Å². The van der Waals surface area contributed by atoms with E-state index in [-0.39, 0.29) is 4.90 Å². The number of para-hydroxylation sites is 1. The van der Waals surface area contributed by atoms with Gasteiger partial charge in [0.2, 0.25) is 0 Å². The molecule has 4 rings (SSSR count). The van der Waals surface area contributed by atoms with Gasteiger partial charge in [0, 0.05) is 6.42 Å². The molecule has 0 atom stereocenters. The number of sulfonamides is 1. The molecule has 7 heteroatoms. The van der Waals surface area contributed by atoms with E-state index in [2.05, 4.69) is 10.9 Å². The number of aromatic nitrogens is 2. The summed E-state index contributed by atoms with van der Waals surface area (Å²) in [4.78, 5) is 7.55. The fraction of sp³-hybridized carbons (Fsp3) is 0.0909. The second-order valence-electron chi connectivity index (χ2n) is 6.70. The Morgan fingerprint density at radius 1 is 1.00 bits per heavy atom. The van der Waals surface area contributed by atoms with Gasteiger partial charge < -0.3 is 0 Å². The summed E-state index contributed by atoms with van der Waals surface area (Å²) >= 11 is 0. The number of fused-ring (bicyclic) bond motifs is 1. The quantitative estimate of drug-likeness (QED) is 0.551. The van der Waals surface area contributed by atoms with Gasteiger partial charge in [0.25, 0.3) is 10.0 Å². The summed E-state index contributed by atoms with van der Waals surface area (Å²) in [6.45, 7) is 1.94. The molecule has 0 unspecified atom stereocenters. The summed E-state index contributed by atoms with van der Waals surface area (Å²) in [6, 6.07) is 23.2. The van der Waals surface area contributed by atoms with E-state index >= 15 is 0 Å². The van der Waals surface area contributed by atoms with Crippen LogP contribution in [-0.4, -0.2) is 18.1 Å². The van der Waals surface area contributed by atoms with Crippen molar-refractivity contribution >= 4 is 21.1 Å². The summed E-state index contributed by atoms with van der Waals surface area (Å²) < 4.78 is 27.4. The van der Waals surface area contributed by atoms with Gasteiger partial charge in [-0.1, -0.05) is 42.5 Å². The molecule has 4 aromatic rings. The van der Waals surface area contributed by atoms with Gasteiger partial charge in [0.15, 0.2) is 0 Å². The van der Waals surface area contributed by atoms with Crippen molar-refractivity contribution in [1.29, 1.82) is 5.26 Å². The summed E-state index contributed by atoms with van der Waals surface area (Å²) in [5.74, 6) is 0.568. The lowest BCUT2D eigenvalue weighted by Crippen LogP contribution is -2.25. The number of aryl methyl sites for hydroxylation is 1. The largest absolute Gasteiger partial charge is 0.275 e. The van der Waals surface area contributed by atoms with Crippen molar-refractivity contribution in [3.63, 3.8) is 0 Å². The second-order valence-corrected chi connectivity index (χ2v) is 8.36. The van der Waals surface area contributed by atoms with Crippen LogP contribution in [0, 0.1) is 18.3 Å². The van der Waals surface area contributed by atoms with E-state index in [4.69, 9.17) is 10.2 Å². The summed E-state index contributed by atoms with van der Waals surface area (Å²) in [5, 5.41) is 8.98. The number of hydrogen-bond donors (Lipinski definition) is 1. The smallest absolute Gasteiger partial charge is 0.231 e. The van der Waals surface area contributed by atoms with Gasteiger partial charge in [-0.2, -0.15) is 13.7 Å². The fourth-order valence-corrected chi connectivity index (χ4v) is 4.23. The SMILES string of the molecule is Cc1cccc2c1nc(Cc1ccc(C#N)cc1)n2NS(=O)(=O)c1ccccc1. The lowest BCUT2D eigenvalue weighted by atomic mass is 10.1. The van der Waals surface area contributed by atoms with E-state index in [0.29, 0.717) is 23.3 Å². The Balaban J connectivity index is 1.80. The molecule has 0 fully saturated rings. The number of nitrogens with one attached hydrogen (secondary N) is 1. The van der Waals surface area contributed by atoms with Crippen LogP contribution in [0.4, 0.5) is 0 Å². The summed E-state index contributed by atoms with van der Waals surface area (Å²) in [7, 11) is -3.78. The van der Waals surface area contributed by atoms with Crippen molar-refractivity contribution in [2.75, 3.05) is 4.83 Å². The Labute approximate surface area is 169 Å². The standard InChI is InChI=1S/C22H18N4O2S/c1-16-6-5-9-20-22(16)24-21(14-17-10-12-18(15-23)13-11-17)26(20)25-29(27,28)19-7-3-2-4-8-19/h2-13,25H,14H2,1H3. The second kappa shape index (κ2) is 7.41. The molecular formula is C22H18N4O2S. The molecule has 144 valence electrons. The van der Waals surface area contributed by atoms with Crippen LogP contribution in [0.2, 0.25) is 0 Å². The van der Waals surface area contributed by atoms with Crippen LogP contribution in [-0.2, 0) is 16.4 Å². The maximum absolute atomic E-state index is 12.9. The van der Waals surface area contributed by atoms with Crippen molar-refractivity contribution < 1.29 is 8.42 Å². The van der Waals surface area contributed by atoms with E-state index in [1.807, 2.05) is 37.3 Å². The Bertz CT molecular complexity index is 1320. The lowest BCUT2D eigenvalue weighted by molar-refractivity contribution is 0.595. The molecule has 1 heterocycles. The van der Waals surface area contributed by atoms with Gasteiger partial charge in [0.05, 0.1) is 27.6 Å². The maximum atomic E-state index is 12.9. The van der Waals surface area contributed by atoms with Gasteiger partial charge >= 0.3 is 0 Å². The van der Waals surface area contributed by atoms with Crippen LogP contribution in [0.5, 0.6) is 0 Å². The Morgan fingerprint density at radius 3 is 2.41 bits per heavy atom. The zero-order chi connectivity index (χ0) is 20.4. The average molecular weight is 402 g/mol. The third-order valence-electron chi connectivity index (χ3n) is 4.67. The van der Waals surface area contributed by atoms with Crippen LogP contribution >= 0.6 is 0 Å². The van der Waals surface area contributed by atoms with Crippen molar-refractivity contribution in [2.24, 2.45) is 0 Å². The van der Waals surface area contributed by atoms with Crippen molar-refractivity contribution in [2.45, 2.75) is 18.2 Å². The summed E-state index contributed by atoms with van der Waals surface area (Å²) in [5.41, 5.74) is 3.89. The third kappa shape index (κ3) is 3.71. The van der Waals surface area contributed by atoms with E-state index < -0.39 is 10.0 Å². The number of rotatable bonds is 5. The molecule has 0 saturated heterocycles. The molecule has 0 bridgehead atoms. The molecular weight excluding hydrogens is 384 g/mol. The molecule has 0 radical (unpaired) electrons. The zero-order valence-corrected chi connectivity index (χ0v) is 16.5. The number of nitrogens with zero attached hydrogens (tertiary/aromatic N) is 3. The van der Waals surface area contributed by atoms with Crippen molar-refractivity contribution in [3.8, 4) is 6.07 Å². The molecule has 0 saturated carbocycles. The fourth-order valence-electron chi connectivity index (χ4n) is 3.16. The monoisotopic (exact) mass is 402 g/mol. The topological polar surface area (TPSA) is 87.8 Å². The van der Waals surface area contributed by atoms with Gasteiger partial charge in [-0.25, -0.2) is 14.5 Å². The highest BCUT2D eigenvalue weighted by Gasteiger charge is 2.19. The van der Waals surface area contributed by atoms with Crippen molar-refractivity contribution in [3.05, 3.63) is 95.3 Å². The highest BCUT2D eigenvalue weighted by Crippen LogP contribution is 2.22. The molecule has 29 heavy (non-hydrogen) atoms. The number of nitriles is 1. The minimum Gasteiger partial charge on any atom is -0.231 e. The first kappa shape index (κ1) is 18.7. The first-order chi connectivity index (χ1) is 14.0. The van der Waals surface area contributed by atoms with Gasteiger partial charge in [-0.15, -0.1) is 0 Å². The molecule has 0 spiro atoms. The molecule has 0 aliphatic rings. The Morgan fingerprint density at radius 2 is 1.72 bits per heavy atom. The first-order valence-electron chi connectivity index (χ1n) is 9.02. The minimum absolute atomic E-state index is 0.179. The van der Waals surface area contributed by atoms with Gasteiger partial charge in [-0.05, 0) is 48.4 Å². The van der Waals surface area contributed by atoms with Crippen LogP contribution in [0.15, 0.2) is 77.7 Å². The Kier molecular flexibility index (Phi) is 4.79. The van der Waals surface area contributed by atoms with E-state index in [1.165, 1.54) is 4.68 Å². The van der Waals surface area contributed by atoms with Crippen LogP contribution < -0.4 is 4.83 Å². The van der Waals surface area contributed by atoms with E-state index in [9.17, 15) is 8.42 Å². The molecule has 0 aliphatic heterocycles. The van der Waals surface area contributed by atoms with Gasteiger partial charge in [0.1, 0.15) is 5.82 Å². The average Bonchev–Trinajstić information content (AvgIpc) is 3.07. The number of benzene rings is 3. The highest BCUT2D eigenvalue weighted by atomic mass is 32.2. The predicted octanol–water partition coefficient (Wildman–Crippen LogP) is 3.74. The molecule has 0 amide bonds. The van der Waals surface area contributed by atoms with Crippen LogP contribution in [0.25, 0.3) is 11.0 Å². The minimum atomic E-state index is -3.78. The Hall–Kier alpha value is -3.63. The lowest BCUT2D eigenvalue weighted by Gasteiger charge is -2.13. The predicted molar refractivity (Wildman–Crippen MR) is 111 cm³/mol. The molecule has 0 aliphatic carbocycles. The zero-order valence-electron chi connectivity index (χ0n) is 15.7. The third-order valence-corrected chi connectivity index (χ3v) is 5.98. The normalized spacial score (nSPS) is 11.3. The van der Waals surface area contributed by atoms with E-state index in [1.54, 1.807) is 42.5 Å². The maximum Gasteiger partial charge on any atom is 0.275 e. The number of imidazole rings is 1. The molecule has 1 aromatic heterocycles. The molecule has 3 aromatic carbocycles. The molecule has 1 N–H and O–H groups in total. The highest BCUT2D eigenvalue weighted by molar-refractivity contribution is 7.92. The molecule has 6 nitrogen and oxygen atoms in total. The van der Waals surface area contributed by atoms with Gasteiger partial charge in [-0.3, -0.25) is 0 Å². The van der Waals surface area contributed by atoms with E-state index in [0.717, 1.165) is 16.6 Å². The van der Waals surface area contributed by atoms with Crippen LogP contribution in [0.1, 0.15) is 22.5 Å². The first-order valence-corrected chi connectivity index (χ1v) is 10.5. The van der Waals surface area contributed by atoms with Crippen LogP contribution in [0.3, 0.4) is 0 Å². The summed E-state index contributed by atoms with van der Waals surface area (Å²) in [6.07, 6.45) is 0.414.